The van der Waals surface area contributed by atoms with Gasteiger partial charge in [0.15, 0.2) is 0 Å². The van der Waals surface area contributed by atoms with E-state index in [-0.39, 0.29) is 5.56 Å². The number of hydrogen-bond donors (Lipinski definition) is 1. The van der Waals surface area contributed by atoms with Gasteiger partial charge >= 0.3 is 5.97 Å². The molecule has 1 N–H and O–H groups in total. The standard InChI is InChI=1S/C21H22N2O4S/c1-21(2,20(25)26)23-16(11-12-7-9-13(27-3)10-8-12)22-18-17(19(23)24)14-5-4-6-15(14)28-18/h7-10H,4-6,11H2,1-3H3,(H,25,26). The van der Waals surface area contributed by atoms with Crippen molar-refractivity contribution >= 4 is 27.5 Å². The second-order valence-electron chi connectivity index (χ2n) is 7.60. The lowest BCUT2D eigenvalue weighted by atomic mass is 10.0. The highest BCUT2D eigenvalue weighted by Gasteiger charge is 2.35. The number of benzene rings is 1. The van der Waals surface area contributed by atoms with E-state index in [1.807, 2.05) is 24.3 Å². The van der Waals surface area contributed by atoms with Gasteiger partial charge in [0.25, 0.3) is 5.56 Å². The Morgan fingerprint density at radius 2 is 2.00 bits per heavy atom. The summed E-state index contributed by atoms with van der Waals surface area (Å²) in [7, 11) is 1.60. The average molecular weight is 398 g/mol. The van der Waals surface area contributed by atoms with Crippen LogP contribution in [0.3, 0.4) is 0 Å². The monoisotopic (exact) mass is 398 g/mol. The van der Waals surface area contributed by atoms with Gasteiger partial charge in [0.1, 0.15) is 21.9 Å². The minimum absolute atomic E-state index is 0.250. The Morgan fingerprint density at radius 3 is 2.64 bits per heavy atom. The molecule has 6 nitrogen and oxygen atoms in total. The van der Waals surface area contributed by atoms with E-state index in [1.54, 1.807) is 32.3 Å². The fourth-order valence-electron chi connectivity index (χ4n) is 3.80. The Labute approximate surface area is 166 Å². The summed E-state index contributed by atoms with van der Waals surface area (Å²) in [6.45, 7) is 3.10. The minimum atomic E-state index is -1.40. The molecule has 1 aliphatic carbocycles. The summed E-state index contributed by atoms with van der Waals surface area (Å²) in [6, 6.07) is 7.50. The number of fused-ring (bicyclic) bond motifs is 3. The molecule has 7 heteroatoms. The summed E-state index contributed by atoms with van der Waals surface area (Å²) in [6.07, 6.45) is 3.23. The van der Waals surface area contributed by atoms with Crippen LogP contribution in [0.2, 0.25) is 0 Å². The normalized spacial score (nSPS) is 13.7. The first-order valence-electron chi connectivity index (χ1n) is 9.26. The first kappa shape index (κ1) is 18.7. The van der Waals surface area contributed by atoms with Crippen molar-refractivity contribution in [3.8, 4) is 5.75 Å². The fraction of sp³-hybridized carbons (Fsp3) is 0.381. The van der Waals surface area contributed by atoms with Crippen LogP contribution in [0.5, 0.6) is 5.75 Å². The zero-order valence-corrected chi connectivity index (χ0v) is 16.9. The number of hydrogen-bond acceptors (Lipinski definition) is 5. The lowest BCUT2D eigenvalue weighted by Crippen LogP contribution is -2.45. The molecule has 0 radical (unpaired) electrons. The maximum atomic E-state index is 13.5. The van der Waals surface area contributed by atoms with Crippen molar-refractivity contribution in [1.29, 1.82) is 0 Å². The van der Waals surface area contributed by atoms with Crippen LogP contribution in [0.25, 0.3) is 10.2 Å². The zero-order chi connectivity index (χ0) is 20.1. The minimum Gasteiger partial charge on any atom is -0.497 e. The molecule has 2 aromatic heterocycles. The largest absolute Gasteiger partial charge is 0.497 e. The number of aliphatic carboxylic acids is 1. The summed E-state index contributed by atoms with van der Waals surface area (Å²) in [4.78, 5) is 32.1. The molecule has 0 spiro atoms. The van der Waals surface area contributed by atoms with Crippen LogP contribution in [0.1, 0.15) is 42.1 Å². The van der Waals surface area contributed by atoms with Gasteiger partial charge in [-0.3, -0.25) is 9.36 Å². The van der Waals surface area contributed by atoms with E-state index in [0.29, 0.717) is 17.6 Å². The fourth-order valence-corrected chi connectivity index (χ4v) is 5.07. The van der Waals surface area contributed by atoms with Crippen LogP contribution in [-0.2, 0) is 29.6 Å². The van der Waals surface area contributed by atoms with Crippen LogP contribution in [0.4, 0.5) is 0 Å². The van der Waals surface area contributed by atoms with Gasteiger partial charge in [0, 0.05) is 11.3 Å². The van der Waals surface area contributed by atoms with E-state index in [0.717, 1.165) is 41.0 Å². The third kappa shape index (κ3) is 2.90. The van der Waals surface area contributed by atoms with Crippen molar-refractivity contribution in [1.82, 2.24) is 9.55 Å². The molecule has 0 aliphatic heterocycles. The predicted octanol–water partition coefficient (Wildman–Crippen LogP) is 3.37. The molecule has 2 heterocycles. The van der Waals surface area contributed by atoms with Crippen LogP contribution in [-0.4, -0.2) is 27.7 Å². The summed E-state index contributed by atoms with van der Waals surface area (Å²) in [5, 5.41) is 10.4. The average Bonchev–Trinajstić information content (AvgIpc) is 3.22. The first-order chi connectivity index (χ1) is 13.3. The molecule has 0 bridgehead atoms. The third-order valence-electron chi connectivity index (χ3n) is 5.41. The van der Waals surface area contributed by atoms with Gasteiger partial charge in [-0.2, -0.15) is 0 Å². The SMILES string of the molecule is COc1ccc(Cc2nc3sc4c(c3c(=O)n2C(C)(C)C(=O)O)CCC4)cc1. The van der Waals surface area contributed by atoms with Gasteiger partial charge in [0.2, 0.25) is 0 Å². The Balaban J connectivity index is 1.93. The molecule has 0 fully saturated rings. The zero-order valence-electron chi connectivity index (χ0n) is 16.1. The third-order valence-corrected chi connectivity index (χ3v) is 6.60. The molecule has 146 valence electrons. The van der Waals surface area contributed by atoms with Crippen molar-refractivity contribution in [2.45, 2.75) is 45.1 Å². The summed E-state index contributed by atoms with van der Waals surface area (Å²) in [5.41, 5.74) is 0.350. The number of carboxylic acids is 1. The molecule has 0 atom stereocenters. The first-order valence-corrected chi connectivity index (χ1v) is 10.1. The quantitative estimate of drug-likeness (QED) is 0.713. The van der Waals surface area contributed by atoms with Crippen molar-refractivity contribution in [2.24, 2.45) is 0 Å². The van der Waals surface area contributed by atoms with Crippen molar-refractivity contribution < 1.29 is 14.6 Å². The number of thiophene rings is 1. The number of rotatable bonds is 5. The molecule has 0 saturated heterocycles. The molecular weight excluding hydrogens is 376 g/mol. The summed E-state index contributed by atoms with van der Waals surface area (Å²) < 4.78 is 6.56. The number of aryl methyl sites for hydroxylation is 2. The molecule has 0 saturated carbocycles. The van der Waals surface area contributed by atoms with Crippen LogP contribution < -0.4 is 10.3 Å². The van der Waals surface area contributed by atoms with E-state index >= 15 is 0 Å². The second-order valence-corrected chi connectivity index (χ2v) is 8.68. The van der Waals surface area contributed by atoms with Crippen molar-refractivity contribution in [3.63, 3.8) is 0 Å². The summed E-state index contributed by atoms with van der Waals surface area (Å²) in [5.74, 6) is 0.152. The molecule has 4 rings (SSSR count). The van der Waals surface area contributed by atoms with Crippen molar-refractivity contribution in [2.75, 3.05) is 7.11 Å². The lowest BCUT2D eigenvalue weighted by molar-refractivity contribution is -0.146. The smallest absolute Gasteiger partial charge is 0.329 e. The van der Waals surface area contributed by atoms with Gasteiger partial charge in [-0.1, -0.05) is 12.1 Å². The van der Waals surface area contributed by atoms with Gasteiger partial charge < -0.3 is 9.84 Å². The number of nitrogens with zero attached hydrogens (tertiary/aromatic N) is 2. The second kappa shape index (κ2) is 6.74. The Morgan fingerprint density at radius 1 is 1.29 bits per heavy atom. The van der Waals surface area contributed by atoms with Gasteiger partial charge in [-0.15, -0.1) is 11.3 Å². The molecule has 1 aliphatic rings. The van der Waals surface area contributed by atoms with Crippen LogP contribution >= 0.6 is 11.3 Å². The Bertz CT molecular complexity index is 1130. The topological polar surface area (TPSA) is 81.4 Å². The highest BCUT2D eigenvalue weighted by Crippen LogP contribution is 2.35. The lowest BCUT2D eigenvalue weighted by Gasteiger charge is -2.25. The van der Waals surface area contributed by atoms with Crippen LogP contribution in [0.15, 0.2) is 29.1 Å². The number of carbonyl (C=O) groups is 1. The number of aromatic nitrogens is 2. The van der Waals surface area contributed by atoms with E-state index in [1.165, 1.54) is 9.44 Å². The van der Waals surface area contributed by atoms with Crippen molar-refractivity contribution in [3.05, 3.63) is 56.4 Å². The molecule has 3 aromatic rings. The van der Waals surface area contributed by atoms with Gasteiger partial charge in [-0.25, -0.2) is 9.78 Å². The van der Waals surface area contributed by atoms with E-state index in [4.69, 9.17) is 9.72 Å². The maximum Gasteiger partial charge on any atom is 0.329 e. The van der Waals surface area contributed by atoms with E-state index in [2.05, 4.69) is 0 Å². The van der Waals surface area contributed by atoms with Gasteiger partial charge in [-0.05, 0) is 56.4 Å². The Kier molecular flexibility index (Phi) is 4.50. The number of ether oxygens (including phenoxy) is 1. The maximum absolute atomic E-state index is 13.5. The molecular formula is C21H22N2O4S. The molecule has 0 amide bonds. The predicted molar refractivity (Wildman–Crippen MR) is 109 cm³/mol. The van der Waals surface area contributed by atoms with Crippen LogP contribution in [0, 0.1) is 0 Å². The summed E-state index contributed by atoms with van der Waals surface area (Å²) >= 11 is 1.57. The highest BCUT2D eigenvalue weighted by molar-refractivity contribution is 7.18. The molecule has 0 unspecified atom stereocenters. The highest BCUT2D eigenvalue weighted by atomic mass is 32.1. The van der Waals surface area contributed by atoms with Gasteiger partial charge in [0.05, 0.1) is 12.5 Å². The Hall–Kier alpha value is -2.67. The molecule has 28 heavy (non-hydrogen) atoms. The number of methoxy groups -OCH3 is 1. The van der Waals surface area contributed by atoms with E-state index in [9.17, 15) is 14.7 Å². The molecule has 1 aromatic carbocycles. The van der Waals surface area contributed by atoms with E-state index < -0.39 is 11.5 Å². The number of carboxylic acid groups (broad SMARTS) is 1.